The number of H-pyrrole nitrogens is 1. The molecular formula is C20H20N2. The molecule has 0 saturated carbocycles. The Morgan fingerprint density at radius 3 is 2.64 bits per heavy atom. The van der Waals surface area contributed by atoms with Crippen molar-refractivity contribution in [2.75, 3.05) is 13.1 Å². The van der Waals surface area contributed by atoms with E-state index in [1.165, 1.54) is 48.1 Å². The predicted octanol–water partition coefficient (Wildman–Crippen LogP) is 4.25. The van der Waals surface area contributed by atoms with Gasteiger partial charge >= 0.3 is 0 Å². The molecule has 0 bridgehead atoms. The number of fused-ring (bicyclic) bond motifs is 5. The minimum Gasteiger partial charge on any atom is -0.357 e. The monoisotopic (exact) mass is 288 g/mol. The van der Waals surface area contributed by atoms with Gasteiger partial charge in [0.25, 0.3) is 0 Å². The zero-order chi connectivity index (χ0) is 14.5. The third-order valence-corrected chi connectivity index (χ3v) is 5.52. The molecule has 110 valence electrons. The second kappa shape index (κ2) is 4.72. The first-order valence-corrected chi connectivity index (χ1v) is 8.30. The highest BCUT2D eigenvalue weighted by Crippen LogP contribution is 2.47. The molecule has 1 saturated heterocycles. The van der Waals surface area contributed by atoms with Gasteiger partial charge in [0.15, 0.2) is 0 Å². The summed E-state index contributed by atoms with van der Waals surface area (Å²) in [5.41, 5.74) is 5.81. The number of rotatable bonds is 1. The maximum absolute atomic E-state index is 3.75. The molecule has 0 amide bonds. The Kier molecular flexibility index (Phi) is 2.68. The average Bonchev–Trinajstić information content (AvgIpc) is 3.16. The number of nitrogens with zero attached hydrogens (tertiary/aromatic N) is 1. The van der Waals surface area contributed by atoms with Crippen molar-refractivity contribution in [3.8, 4) is 0 Å². The lowest BCUT2D eigenvalue weighted by Crippen LogP contribution is -2.32. The van der Waals surface area contributed by atoms with E-state index in [-0.39, 0.29) is 0 Å². The van der Waals surface area contributed by atoms with Gasteiger partial charge in [0.2, 0.25) is 0 Å². The summed E-state index contributed by atoms with van der Waals surface area (Å²) in [6, 6.07) is 20.4. The van der Waals surface area contributed by atoms with E-state index >= 15 is 0 Å². The van der Waals surface area contributed by atoms with E-state index in [0.29, 0.717) is 12.0 Å². The highest BCUT2D eigenvalue weighted by molar-refractivity contribution is 5.85. The van der Waals surface area contributed by atoms with Crippen molar-refractivity contribution < 1.29 is 0 Å². The van der Waals surface area contributed by atoms with Crippen LogP contribution < -0.4 is 0 Å². The van der Waals surface area contributed by atoms with Crippen LogP contribution in [0, 0.1) is 0 Å². The lowest BCUT2D eigenvalue weighted by atomic mass is 9.86. The van der Waals surface area contributed by atoms with E-state index in [1.807, 2.05) is 0 Å². The number of aromatic nitrogens is 1. The molecule has 2 nitrogen and oxygen atoms in total. The van der Waals surface area contributed by atoms with E-state index in [0.717, 1.165) is 0 Å². The van der Waals surface area contributed by atoms with Gasteiger partial charge in [-0.15, -0.1) is 0 Å². The first-order valence-electron chi connectivity index (χ1n) is 8.30. The van der Waals surface area contributed by atoms with Crippen LogP contribution in [0.5, 0.6) is 0 Å². The molecule has 3 aromatic rings. The van der Waals surface area contributed by atoms with E-state index < -0.39 is 0 Å². The number of hydrogen-bond donors (Lipinski definition) is 1. The molecule has 0 radical (unpaired) electrons. The Bertz CT molecular complexity index is 818. The molecule has 0 unspecified atom stereocenters. The second-order valence-electron chi connectivity index (χ2n) is 6.60. The van der Waals surface area contributed by atoms with Crippen LogP contribution in [-0.4, -0.2) is 23.0 Å². The topological polar surface area (TPSA) is 19.0 Å². The van der Waals surface area contributed by atoms with Crippen molar-refractivity contribution in [2.45, 2.75) is 24.8 Å². The summed E-state index contributed by atoms with van der Waals surface area (Å²) >= 11 is 0. The summed E-state index contributed by atoms with van der Waals surface area (Å²) in [7, 11) is 0. The molecule has 2 atom stereocenters. The number of hydrogen-bond acceptors (Lipinski definition) is 1. The Balaban J connectivity index is 1.66. The van der Waals surface area contributed by atoms with Crippen LogP contribution in [0.15, 0.2) is 54.6 Å². The van der Waals surface area contributed by atoms with Crippen molar-refractivity contribution >= 4 is 10.9 Å². The Labute approximate surface area is 130 Å². The van der Waals surface area contributed by atoms with E-state index in [2.05, 4.69) is 64.5 Å². The van der Waals surface area contributed by atoms with Gasteiger partial charge in [-0.05, 0) is 36.6 Å². The van der Waals surface area contributed by atoms with Gasteiger partial charge < -0.3 is 4.98 Å². The fourth-order valence-electron chi connectivity index (χ4n) is 4.54. The van der Waals surface area contributed by atoms with Gasteiger partial charge in [-0.1, -0.05) is 48.5 Å². The van der Waals surface area contributed by atoms with E-state index in [1.54, 1.807) is 5.56 Å². The standard InChI is InChI=1S/C20H20N2/c1-2-6-14(7-3-1)15-10-12-22-13-11-17-16-8-4-5-9-18(16)21-19(17)20(15)22/h1-9,15,20-21H,10-13H2/t15-,20-/m0/s1. The van der Waals surface area contributed by atoms with Crippen molar-refractivity contribution in [3.63, 3.8) is 0 Å². The zero-order valence-electron chi connectivity index (χ0n) is 12.6. The number of para-hydroxylation sites is 1. The Morgan fingerprint density at radius 2 is 1.73 bits per heavy atom. The van der Waals surface area contributed by atoms with Crippen molar-refractivity contribution in [1.82, 2.24) is 9.88 Å². The van der Waals surface area contributed by atoms with Gasteiger partial charge in [-0.2, -0.15) is 0 Å². The normalized spacial score (nSPS) is 24.4. The SMILES string of the molecule is c1ccc([C@@H]2CCN3CCc4c([nH]c5ccccc45)[C@H]23)cc1. The third-order valence-electron chi connectivity index (χ3n) is 5.52. The lowest BCUT2D eigenvalue weighted by Gasteiger charge is -2.33. The van der Waals surface area contributed by atoms with Crippen LogP contribution in [0.2, 0.25) is 0 Å². The van der Waals surface area contributed by atoms with Gasteiger partial charge in [0.1, 0.15) is 0 Å². The fraction of sp³-hybridized carbons (Fsp3) is 0.300. The van der Waals surface area contributed by atoms with Crippen molar-refractivity contribution in [3.05, 3.63) is 71.4 Å². The molecule has 2 aromatic carbocycles. The summed E-state index contributed by atoms with van der Waals surface area (Å²) in [5, 5.41) is 1.43. The summed E-state index contributed by atoms with van der Waals surface area (Å²) in [5.74, 6) is 0.619. The van der Waals surface area contributed by atoms with E-state index in [9.17, 15) is 0 Å². The molecule has 1 aromatic heterocycles. The van der Waals surface area contributed by atoms with Crippen LogP contribution in [-0.2, 0) is 6.42 Å². The Morgan fingerprint density at radius 1 is 0.909 bits per heavy atom. The smallest absolute Gasteiger partial charge is 0.0571 e. The summed E-state index contributed by atoms with van der Waals surface area (Å²) in [6.45, 7) is 2.42. The molecule has 1 fully saturated rings. The average molecular weight is 288 g/mol. The van der Waals surface area contributed by atoms with Gasteiger partial charge in [-0.3, -0.25) is 4.90 Å². The lowest BCUT2D eigenvalue weighted by molar-refractivity contribution is 0.230. The van der Waals surface area contributed by atoms with Crippen molar-refractivity contribution in [2.24, 2.45) is 0 Å². The molecule has 5 rings (SSSR count). The number of aromatic amines is 1. The predicted molar refractivity (Wildman–Crippen MR) is 90.1 cm³/mol. The first-order chi connectivity index (χ1) is 10.9. The maximum Gasteiger partial charge on any atom is 0.0571 e. The third kappa shape index (κ3) is 1.71. The van der Waals surface area contributed by atoms with Crippen LogP contribution in [0.4, 0.5) is 0 Å². The van der Waals surface area contributed by atoms with Gasteiger partial charge in [0.05, 0.1) is 6.04 Å². The number of benzene rings is 2. The van der Waals surface area contributed by atoms with Crippen LogP contribution in [0.1, 0.15) is 35.2 Å². The number of nitrogens with one attached hydrogen (secondary N) is 1. The molecule has 2 aliphatic rings. The molecule has 0 spiro atoms. The van der Waals surface area contributed by atoms with Crippen molar-refractivity contribution in [1.29, 1.82) is 0 Å². The highest BCUT2D eigenvalue weighted by atomic mass is 15.2. The first kappa shape index (κ1) is 12.5. The van der Waals surface area contributed by atoms with E-state index in [4.69, 9.17) is 0 Å². The second-order valence-corrected chi connectivity index (χ2v) is 6.60. The largest absolute Gasteiger partial charge is 0.357 e. The van der Waals surface area contributed by atoms with Crippen LogP contribution in [0.3, 0.4) is 0 Å². The maximum atomic E-state index is 3.75. The molecule has 3 heterocycles. The quantitative estimate of drug-likeness (QED) is 0.709. The highest BCUT2D eigenvalue weighted by Gasteiger charge is 2.40. The minimum atomic E-state index is 0.526. The zero-order valence-corrected chi connectivity index (χ0v) is 12.6. The molecule has 22 heavy (non-hydrogen) atoms. The van der Waals surface area contributed by atoms with Crippen LogP contribution >= 0.6 is 0 Å². The molecule has 2 aliphatic heterocycles. The fourth-order valence-corrected chi connectivity index (χ4v) is 4.54. The summed E-state index contributed by atoms with van der Waals surface area (Å²) in [4.78, 5) is 6.42. The summed E-state index contributed by atoms with van der Waals surface area (Å²) in [6.07, 6.45) is 2.45. The molecule has 1 N–H and O–H groups in total. The minimum absolute atomic E-state index is 0.526. The van der Waals surface area contributed by atoms with Gasteiger partial charge in [0, 0.05) is 29.1 Å². The van der Waals surface area contributed by atoms with Gasteiger partial charge in [-0.25, -0.2) is 0 Å². The summed E-state index contributed by atoms with van der Waals surface area (Å²) < 4.78 is 0. The van der Waals surface area contributed by atoms with Crippen LogP contribution in [0.25, 0.3) is 10.9 Å². The molecular weight excluding hydrogens is 268 g/mol. The Hall–Kier alpha value is -2.06. The molecule has 0 aliphatic carbocycles. The molecule has 2 heteroatoms.